The highest BCUT2D eigenvalue weighted by atomic mass is 35.5. The summed E-state index contributed by atoms with van der Waals surface area (Å²) in [5.41, 5.74) is 0.328. The molecule has 0 aliphatic carbocycles. The molecule has 84 valence electrons. The van der Waals surface area contributed by atoms with Gasteiger partial charge in [0, 0.05) is 5.02 Å². The minimum Gasteiger partial charge on any atom is -0.453 e. The van der Waals surface area contributed by atoms with Crippen molar-refractivity contribution in [1.29, 1.82) is 0 Å². The standard InChI is InChI=1S/C13H7ClO3/c14-8-5-6-10-9(7-8)13(15)17-12-4-2-1-3-11(12)16-10/h1-7H. The zero-order valence-electron chi connectivity index (χ0n) is 8.64. The van der Waals surface area contributed by atoms with Gasteiger partial charge in [0.2, 0.25) is 0 Å². The highest BCUT2D eigenvalue weighted by molar-refractivity contribution is 6.31. The molecule has 0 atom stereocenters. The van der Waals surface area contributed by atoms with Gasteiger partial charge >= 0.3 is 5.97 Å². The van der Waals surface area contributed by atoms with Crippen LogP contribution in [0.15, 0.2) is 42.5 Å². The molecule has 0 unspecified atom stereocenters. The number of fused-ring (bicyclic) bond motifs is 2. The Morgan fingerprint density at radius 1 is 0.882 bits per heavy atom. The molecule has 1 aliphatic heterocycles. The summed E-state index contributed by atoms with van der Waals surface area (Å²) in [4.78, 5) is 11.9. The lowest BCUT2D eigenvalue weighted by atomic mass is 10.2. The molecule has 2 aromatic rings. The van der Waals surface area contributed by atoms with Crippen LogP contribution < -0.4 is 9.47 Å². The predicted molar refractivity (Wildman–Crippen MR) is 62.9 cm³/mol. The normalized spacial score (nSPS) is 12.9. The Balaban J connectivity index is 2.17. The van der Waals surface area contributed by atoms with Gasteiger partial charge in [0.25, 0.3) is 0 Å². The SMILES string of the molecule is O=C1Oc2ccccc2Oc2ccc(Cl)cc21. The summed E-state index contributed by atoms with van der Waals surface area (Å²) in [6, 6.07) is 11.9. The Hall–Kier alpha value is -2.00. The van der Waals surface area contributed by atoms with Crippen molar-refractivity contribution in [3.05, 3.63) is 53.1 Å². The van der Waals surface area contributed by atoms with E-state index >= 15 is 0 Å². The third-order valence-corrected chi connectivity index (χ3v) is 2.67. The number of carbonyl (C=O) groups is 1. The van der Waals surface area contributed by atoms with Crippen molar-refractivity contribution < 1.29 is 14.3 Å². The predicted octanol–water partition coefficient (Wildman–Crippen LogP) is 3.66. The van der Waals surface area contributed by atoms with Gasteiger partial charge in [-0.2, -0.15) is 0 Å². The first-order valence-corrected chi connectivity index (χ1v) is 5.40. The van der Waals surface area contributed by atoms with E-state index in [1.165, 1.54) is 6.07 Å². The molecule has 4 heteroatoms. The fraction of sp³-hybridized carbons (Fsp3) is 0. The van der Waals surface area contributed by atoms with Crippen LogP contribution in [0.5, 0.6) is 17.2 Å². The molecular weight excluding hydrogens is 240 g/mol. The van der Waals surface area contributed by atoms with E-state index in [2.05, 4.69) is 0 Å². The van der Waals surface area contributed by atoms with E-state index in [0.717, 1.165) is 0 Å². The summed E-state index contributed by atoms with van der Waals surface area (Å²) in [5, 5.41) is 0.468. The van der Waals surface area contributed by atoms with E-state index in [4.69, 9.17) is 21.1 Å². The first-order valence-electron chi connectivity index (χ1n) is 5.02. The number of hydrogen-bond donors (Lipinski definition) is 0. The second-order valence-electron chi connectivity index (χ2n) is 3.58. The van der Waals surface area contributed by atoms with Crippen LogP contribution in [0.25, 0.3) is 0 Å². The quantitative estimate of drug-likeness (QED) is 0.526. The third kappa shape index (κ3) is 1.74. The van der Waals surface area contributed by atoms with Crippen LogP contribution in [-0.2, 0) is 0 Å². The average Bonchev–Trinajstić information content (AvgIpc) is 2.46. The first-order chi connectivity index (χ1) is 8.24. The molecule has 0 fully saturated rings. The van der Waals surface area contributed by atoms with Gasteiger partial charge in [-0.1, -0.05) is 23.7 Å². The van der Waals surface area contributed by atoms with E-state index in [-0.39, 0.29) is 0 Å². The molecule has 0 saturated heterocycles. The van der Waals surface area contributed by atoms with E-state index in [1.54, 1.807) is 30.3 Å². The van der Waals surface area contributed by atoms with Crippen molar-refractivity contribution in [1.82, 2.24) is 0 Å². The molecule has 0 bridgehead atoms. The van der Waals surface area contributed by atoms with Crippen molar-refractivity contribution in [2.75, 3.05) is 0 Å². The van der Waals surface area contributed by atoms with Crippen molar-refractivity contribution in [2.24, 2.45) is 0 Å². The fourth-order valence-electron chi connectivity index (χ4n) is 1.64. The Labute approximate surface area is 103 Å². The first kappa shape index (κ1) is 10.2. The van der Waals surface area contributed by atoms with Crippen LogP contribution in [0, 0.1) is 0 Å². The molecule has 0 radical (unpaired) electrons. The Bertz CT molecular complexity index is 607. The summed E-state index contributed by atoms with van der Waals surface area (Å²) < 4.78 is 10.8. The van der Waals surface area contributed by atoms with Gasteiger partial charge in [0.05, 0.1) is 0 Å². The summed E-state index contributed by atoms with van der Waals surface area (Å²) >= 11 is 5.84. The second-order valence-corrected chi connectivity index (χ2v) is 4.02. The number of rotatable bonds is 0. The number of halogens is 1. The number of para-hydroxylation sites is 2. The Kier molecular flexibility index (Phi) is 2.27. The van der Waals surface area contributed by atoms with Gasteiger partial charge in [0.15, 0.2) is 11.5 Å². The van der Waals surface area contributed by atoms with E-state index in [9.17, 15) is 4.79 Å². The van der Waals surface area contributed by atoms with Crippen LogP contribution in [0.1, 0.15) is 10.4 Å². The van der Waals surface area contributed by atoms with Crippen LogP contribution in [0.4, 0.5) is 0 Å². The molecule has 0 N–H and O–H groups in total. The van der Waals surface area contributed by atoms with Crippen molar-refractivity contribution >= 4 is 17.6 Å². The third-order valence-electron chi connectivity index (χ3n) is 2.43. The Morgan fingerprint density at radius 2 is 1.59 bits per heavy atom. The molecule has 0 saturated carbocycles. The number of carbonyl (C=O) groups excluding carboxylic acids is 1. The highest BCUT2D eigenvalue weighted by Crippen LogP contribution is 2.37. The number of hydrogen-bond acceptors (Lipinski definition) is 3. The summed E-state index contributed by atoms with van der Waals surface area (Å²) in [6.45, 7) is 0. The molecule has 3 nitrogen and oxygen atoms in total. The van der Waals surface area contributed by atoms with Crippen molar-refractivity contribution in [2.45, 2.75) is 0 Å². The number of esters is 1. The molecule has 1 heterocycles. The summed E-state index contributed by atoms with van der Waals surface area (Å²) in [6.07, 6.45) is 0. The van der Waals surface area contributed by atoms with Crippen LogP contribution >= 0.6 is 11.6 Å². The molecule has 0 amide bonds. The lowest BCUT2D eigenvalue weighted by Gasteiger charge is -2.05. The highest BCUT2D eigenvalue weighted by Gasteiger charge is 2.22. The van der Waals surface area contributed by atoms with Gasteiger partial charge in [-0.15, -0.1) is 0 Å². The second kappa shape index (κ2) is 3.79. The zero-order chi connectivity index (χ0) is 11.8. The summed E-state index contributed by atoms with van der Waals surface area (Å²) in [7, 11) is 0. The Morgan fingerprint density at radius 3 is 2.35 bits per heavy atom. The fourth-order valence-corrected chi connectivity index (χ4v) is 1.81. The molecule has 0 aromatic heterocycles. The van der Waals surface area contributed by atoms with E-state index in [0.29, 0.717) is 27.8 Å². The smallest absolute Gasteiger partial charge is 0.347 e. The van der Waals surface area contributed by atoms with Gasteiger partial charge in [-0.25, -0.2) is 4.79 Å². The molecule has 0 spiro atoms. The molecule has 17 heavy (non-hydrogen) atoms. The molecule has 3 rings (SSSR count). The zero-order valence-corrected chi connectivity index (χ0v) is 9.40. The van der Waals surface area contributed by atoms with Crippen LogP contribution in [0.3, 0.4) is 0 Å². The van der Waals surface area contributed by atoms with E-state index < -0.39 is 5.97 Å². The van der Waals surface area contributed by atoms with Gasteiger partial charge in [-0.05, 0) is 30.3 Å². The monoisotopic (exact) mass is 246 g/mol. The molecule has 1 aliphatic rings. The minimum absolute atomic E-state index is 0.328. The topological polar surface area (TPSA) is 35.5 Å². The van der Waals surface area contributed by atoms with E-state index in [1.807, 2.05) is 6.07 Å². The lowest BCUT2D eigenvalue weighted by Crippen LogP contribution is -2.06. The van der Waals surface area contributed by atoms with Crippen molar-refractivity contribution in [3.63, 3.8) is 0 Å². The average molecular weight is 247 g/mol. The number of benzene rings is 2. The van der Waals surface area contributed by atoms with Crippen LogP contribution in [0.2, 0.25) is 5.02 Å². The maximum Gasteiger partial charge on any atom is 0.347 e. The summed E-state index contributed by atoms with van der Waals surface area (Å²) in [5.74, 6) is 0.906. The minimum atomic E-state index is -0.465. The molecular formula is C13H7ClO3. The van der Waals surface area contributed by atoms with Crippen molar-refractivity contribution in [3.8, 4) is 17.2 Å². The van der Waals surface area contributed by atoms with Gasteiger partial charge in [0.1, 0.15) is 11.3 Å². The maximum absolute atomic E-state index is 11.9. The lowest BCUT2D eigenvalue weighted by molar-refractivity contribution is 0.0737. The van der Waals surface area contributed by atoms with Gasteiger partial charge in [-0.3, -0.25) is 0 Å². The number of ether oxygens (including phenoxy) is 2. The van der Waals surface area contributed by atoms with Crippen LogP contribution in [-0.4, -0.2) is 5.97 Å². The molecule has 2 aromatic carbocycles. The van der Waals surface area contributed by atoms with Gasteiger partial charge < -0.3 is 9.47 Å². The largest absolute Gasteiger partial charge is 0.453 e. The maximum atomic E-state index is 11.9.